The van der Waals surface area contributed by atoms with E-state index in [2.05, 4.69) is 29.6 Å². The van der Waals surface area contributed by atoms with Crippen molar-refractivity contribution in [2.75, 3.05) is 20.8 Å². The Morgan fingerprint density at radius 2 is 1.63 bits per heavy atom. The van der Waals surface area contributed by atoms with Crippen molar-refractivity contribution >= 4 is 11.8 Å². The molecule has 0 saturated carbocycles. The summed E-state index contributed by atoms with van der Waals surface area (Å²) in [5.74, 6) is 0.646. The topological polar surface area (TPSA) is 115 Å². The van der Waals surface area contributed by atoms with E-state index >= 15 is 0 Å². The summed E-state index contributed by atoms with van der Waals surface area (Å²) in [5, 5.41) is 20.2. The zero-order valence-corrected chi connectivity index (χ0v) is 26.6. The van der Waals surface area contributed by atoms with Gasteiger partial charge in [0.1, 0.15) is 17.5 Å². The van der Waals surface area contributed by atoms with Crippen molar-refractivity contribution in [3.63, 3.8) is 0 Å². The van der Waals surface area contributed by atoms with Crippen LogP contribution in [0.3, 0.4) is 0 Å². The van der Waals surface area contributed by atoms with Crippen molar-refractivity contribution in [1.82, 2.24) is 20.4 Å². The number of aliphatic hydroxyl groups excluding tert-OH is 1. The highest BCUT2D eigenvalue weighted by molar-refractivity contribution is 5.97. The van der Waals surface area contributed by atoms with Crippen LogP contribution in [0, 0.1) is 5.92 Å². The van der Waals surface area contributed by atoms with Gasteiger partial charge >= 0.3 is 0 Å². The standard InChI is InChI=1S/C30H40N4O5.C4H8/c1-6-22(35)18-31-29(36)23(16-15-21-11-8-7-9-12-21)32-30(37)24-17-25(34(33-24)19-20(2)3)28-26(38-4)13-10-14-27(28)39-5;1-3-4-2/h7-14,17,20,22-23,35H,6,15-16,18-19H2,1-5H3,(H,31,36)(H,32,37);3-4H,1-2H3/b;4-3-. The lowest BCUT2D eigenvalue weighted by molar-refractivity contribution is -0.123. The van der Waals surface area contributed by atoms with Gasteiger partial charge in [0.2, 0.25) is 5.91 Å². The molecule has 2 aromatic carbocycles. The van der Waals surface area contributed by atoms with Gasteiger partial charge in [-0.3, -0.25) is 14.3 Å². The summed E-state index contributed by atoms with van der Waals surface area (Å²) in [6, 6.07) is 16.2. The van der Waals surface area contributed by atoms with Crippen molar-refractivity contribution < 1.29 is 24.2 Å². The number of nitrogens with zero attached hydrogens (tertiary/aromatic N) is 2. The largest absolute Gasteiger partial charge is 0.496 e. The average Bonchev–Trinajstić information content (AvgIpc) is 3.44. The maximum Gasteiger partial charge on any atom is 0.272 e. The summed E-state index contributed by atoms with van der Waals surface area (Å²) in [5.41, 5.74) is 2.62. The molecule has 9 heteroatoms. The summed E-state index contributed by atoms with van der Waals surface area (Å²) >= 11 is 0. The molecule has 0 saturated heterocycles. The molecule has 9 nitrogen and oxygen atoms in total. The van der Waals surface area contributed by atoms with Gasteiger partial charge in [-0.05, 0) is 62.8 Å². The van der Waals surface area contributed by atoms with Gasteiger partial charge in [-0.2, -0.15) is 5.10 Å². The van der Waals surface area contributed by atoms with Crippen LogP contribution in [0.4, 0.5) is 0 Å². The highest BCUT2D eigenvalue weighted by Gasteiger charge is 2.26. The molecule has 0 aliphatic carbocycles. The van der Waals surface area contributed by atoms with Crippen molar-refractivity contribution in [3.8, 4) is 22.8 Å². The van der Waals surface area contributed by atoms with Crippen LogP contribution in [0.15, 0.2) is 66.7 Å². The third kappa shape index (κ3) is 10.9. The molecule has 0 bridgehead atoms. The number of aromatic nitrogens is 2. The van der Waals surface area contributed by atoms with Crippen LogP contribution in [0.2, 0.25) is 0 Å². The van der Waals surface area contributed by atoms with E-state index in [-0.39, 0.29) is 24.1 Å². The summed E-state index contributed by atoms with van der Waals surface area (Å²) in [7, 11) is 3.17. The van der Waals surface area contributed by atoms with Crippen LogP contribution in [-0.4, -0.2) is 59.6 Å². The lowest BCUT2D eigenvalue weighted by atomic mass is 10.0. The number of amides is 2. The molecule has 0 fully saturated rings. The smallest absolute Gasteiger partial charge is 0.272 e. The molecule has 3 aromatic rings. The number of benzene rings is 2. The monoisotopic (exact) mass is 592 g/mol. The third-order valence-corrected chi connectivity index (χ3v) is 6.74. The van der Waals surface area contributed by atoms with Crippen molar-refractivity contribution in [3.05, 3.63) is 78.0 Å². The van der Waals surface area contributed by atoms with E-state index in [4.69, 9.17) is 9.47 Å². The van der Waals surface area contributed by atoms with Crippen LogP contribution in [-0.2, 0) is 17.8 Å². The SMILES string of the molecule is C/C=C\C.CCC(O)CNC(=O)C(CCc1ccccc1)NC(=O)c1cc(-c2c(OC)cccc2OC)n(CC(C)C)n1. The van der Waals surface area contributed by atoms with Gasteiger partial charge in [0, 0.05) is 13.1 Å². The zero-order valence-electron chi connectivity index (χ0n) is 26.6. The third-order valence-electron chi connectivity index (χ3n) is 6.74. The minimum absolute atomic E-state index is 0.119. The average molecular weight is 593 g/mol. The Morgan fingerprint density at radius 1 is 1.00 bits per heavy atom. The number of nitrogens with one attached hydrogen (secondary N) is 2. The van der Waals surface area contributed by atoms with Crippen LogP contribution >= 0.6 is 0 Å². The molecule has 1 aromatic heterocycles. The predicted molar refractivity (Wildman–Crippen MR) is 171 cm³/mol. The first-order chi connectivity index (χ1) is 20.7. The number of methoxy groups -OCH3 is 2. The van der Waals surface area contributed by atoms with Gasteiger partial charge in [0.25, 0.3) is 5.91 Å². The number of hydrogen-bond acceptors (Lipinski definition) is 6. The van der Waals surface area contributed by atoms with Gasteiger partial charge in [0.05, 0.1) is 31.6 Å². The predicted octanol–water partition coefficient (Wildman–Crippen LogP) is 5.42. The summed E-state index contributed by atoms with van der Waals surface area (Å²) in [6.07, 6.45) is 4.86. The Morgan fingerprint density at radius 3 is 2.16 bits per heavy atom. The molecular formula is C34H48N4O5. The molecule has 0 aliphatic heterocycles. The molecule has 2 amide bonds. The van der Waals surface area contributed by atoms with E-state index in [0.29, 0.717) is 48.6 Å². The van der Waals surface area contributed by atoms with E-state index < -0.39 is 18.1 Å². The van der Waals surface area contributed by atoms with Crippen molar-refractivity contribution in [2.24, 2.45) is 5.92 Å². The molecule has 1 heterocycles. The molecule has 0 aliphatic rings. The van der Waals surface area contributed by atoms with Gasteiger partial charge in [-0.1, -0.05) is 69.3 Å². The lowest BCUT2D eigenvalue weighted by Crippen LogP contribution is -2.48. The number of carbonyl (C=O) groups excluding carboxylic acids is 2. The first-order valence-electron chi connectivity index (χ1n) is 14.9. The summed E-state index contributed by atoms with van der Waals surface area (Å²) in [6.45, 7) is 10.7. The number of aliphatic hydroxyl groups is 1. The lowest BCUT2D eigenvalue weighted by Gasteiger charge is -2.19. The van der Waals surface area contributed by atoms with Gasteiger partial charge in [0.15, 0.2) is 5.69 Å². The minimum Gasteiger partial charge on any atom is -0.496 e. The number of hydrogen-bond donors (Lipinski definition) is 3. The van der Waals surface area contributed by atoms with E-state index in [0.717, 1.165) is 5.56 Å². The van der Waals surface area contributed by atoms with E-state index in [9.17, 15) is 14.7 Å². The van der Waals surface area contributed by atoms with Crippen LogP contribution in [0.1, 0.15) is 63.5 Å². The quantitative estimate of drug-likeness (QED) is 0.215. The molecule has 2 unspecified atom stereocenters. The maximum atomic E-state index is 13.5. The molecular weight excluding hydrogens is 544 g/mol. The minimum atomic E-state index is -0.804. The zero-order chi connectivity index (χ0) is 31.8. The highest BCUT2D eigenvalue weighted by Crippen LogP contribution is 2.38. The number of carbonyl (C=O) groups is 2. The fraction of sp³-hybridized carbons (Fsp3) is 0.441. The normalized spacial score (nSPS) is 12.3. The van der Waals surface area contributed by atoms with Gasteiger partial charge < -0.3 is 25.2 Å². The van der Waals surface area contributed by atoms with Gasteiger partial charge in [-0.25, -0.2) is 0 Å². The first kappa shape index (κ1) is 35.1. The molecule has 43 heavy (non-hydrogen) atoms. The molecule has 3 rings (SSSR count). The molecule has 0 radical (unpaired) electrons. The second kappa shape index (κ2) is 18.4. The van der Waals surface area contributed by atoms with Crippen molar-refractivity contribution in [2.45, 2.75) is 72.6 Å². The maximum absolute atomic E-state index is 13.5. The Balaban J connectivity index is 0.00000151. The Kier molecular flexibility index (Phi) is 15.0. The number of rotatable bonds is 14. The Hall–Kier alpha value is -4.11. The van der Waals surface area contributed by atoms with Crippen molar-refractivity contribution in [1.29, 1.82) is 0 Å². The van der Waals surface area contributed by atoms with E-state index in [1.165, 1.54) is 0 Å². The van der Waals surface area contributed by atoms with Gasteiger partial charge in [-0.15, -0.1) is 0 Å². The van der Waals surface area contributed by atoms with E-state index in [1.807, 2.05) is 81.5 Å². The number of ether oxygens (including phenoxy) is 2. The first-order valence-corrected chi connectivity index (χ1v) is 14.9. The summed E-state index contributed by atoms with van der Waals surface area (Å²) < 4.78 is 13.0. The molecule has 2 atom stereocenters. The number of aryl methyl sites for hydroxylation is 1. The van der Waals surface area contributed by atoms with Crippen LogP contribution < -0.4 is 20.1 Å². The second-order valence-corrected chi connectivity index (χ2v) is 10.6. The Labute approximate surface area is 256 Å². The molecule has 0 spiro atoms. The fourth-order valence-electron chi connectivity index (χ4n) is 4.26. The summed E-state index contributed by atoms with van der Waals surface area (Å²) in [4.78, 5) is 26.5. The number of allylic oxidation sites excluding steroid dienone is 2. The van der Waals surface area contributed by atoms with E-state index in [1.54, 1.807) is 25.0 Å². The fourth-order valence-corrected chi connectivity index (χ4v) is 4.26. The van der Waals surface area contributed by atoms with Crippen LogP contribution in [0.25, 0.3) is 11.3 Å². The second-order valence-electron chi connectivity index (χ2n) is 10.6. The highest BCUT2D eigenvalue weighted by atomic mass is 16.5. The molecule has 234 valence electrons. The van der Waals surface area contributed by atoms with Crippen LogP contribution in [0.5, 0.6) is 11.5 Å². The Bertz CT molecular complexity index is 1280. The molecule has 3 N–H and O–H groups in total.